The van der Waals surface area contributed by atoms with Crippen molar-refractivity contribution in [2.75, 3.05) is 6.61 Å². The number of aryl methyl sites for hydroxylation is 3. The van der Waals surface area contributed by atoms with E-state index < -0.39 is 0 Å². The van der Waals surface area contributed by atoms with Gasteiger partial charge in [0.05, 0.1) is 17.6 Å². The lowest BCUT2D eigenvalue weighted by Crippen LogP contribution is -2.08. The Morgan fingerprint density at radius 1 is 1.04 bits per heavy atom. The van der Waals surface area contributed by atoms with Gasteiger partial charge < -0.3 is 14.4 Å². The highest BCUT2D eigenvalue weighted by molar-refractivity contribution is 5.76. The lowest BCUT2D eigenvalue weighted by molar-refractivity contribution is 0.261. The molecule has 0 spiro atoms. The first kappa shape index (κ1) is 15.6. The summed E-state index contributed by atoms with van der Waals surface area (Å²) in [5, 5.41) is 9.53. The number of aliphatic hydroxyl groups is 1. The summed E-state index contributed by atoms with van der Waals surface area (Å²) in [6.07, 6.45) is 0.861. The van der Waals surface area contributed by atoms with Crippen LogP contribution in [0.5, 0.6) is 5.75 Å². The van der Waals surface area contributed by atoms with Crippen molar-refractivity contribution >= 4 is 11.0 Å². The molecule has 23 heavy (non-hydrogen) atoms. The second kappa shape index (κ2) is 6.84. The van der Waals surface area contributed by atoms with E-state index in [1.807, 2.05) is 37.3 Å². The van der Waals surface area contributed by atoms with Gasteiger partial charge in [0.25, 0.3) is 0 Å². The topological polar surface area (TPSA) is 47.3 Å². The molecule has 3 aromatic rings. The number of aliphatic hydroxyl groups excluding tert-OH is 1. The van der Waals surface area contributed by atoms with Crippen LogP contribution in [-0.2, 0) is 13.2 Å². The minimum atomic E-state index is -0.0491. The fraction of sp³-hybridized carbons (Fsp3) is 0.316. The zero-order valence-corrected chi connectivity index (χ0v) is 13.6. The van der Waals surface area contributed by atoms with Crippen molar-refractivity contribution in [1.82, 2.24) is 9.55 Å². The third kappa shape index (κ3) is 3.54. The first-order valence-corrected chi connectivity index (χ1v) is 7.93. The summed E-state index contributed by atoms with van der Waals surface area (Å²) in [6.45, 7) is 5.48. The lowest BCUT2D eigenvalue weighted by Gasteiger charge is -2.09. The van der Waals surface area contributed by atoms with Crippen LogP contribution in [0.1, 0.15) is 23.4 Å². The Labute approximate surface area is 136 Å². The van der Waals surface area contributed by atoms with Gasteiger partial charge in [0.2, 0.25) is 0 Å². The third-order valence-corrected chi connectivity index (χ3v) is 3.94. The fourth-order valence-electron chi connectivity index (χ4n) is 2.71. The number of imidazole rings is 1. The van der Waals surface area contributed by atoms with Crippen molar-refractivity contribution in [3.05, 3.63) is 59.4 Å². The van der Waals surface area contributed by atoms with Gasteiger partial charge in [-0.3, -0.25) is 0 Å². The minimum Gasteiger partial charge on any atom is -0.494 e. The molecule has 0 saturated carbocycles. The molecule has 0 aliphatic carbocycles. The largest absolute Gasteiger partial charge is 0.494 e. The van der Waals surface area contributed by atoms with Gasteiger partial charge in [-0.05, 0) is 50.1 Å². The van der Waals surface area contributed by atoms with E-state index in [4.69, 9.17) is 4.74 Å². The highest BCUT2D eigenvalue weighted by atomic mass is 16.5. The van der Waals surface area contributed by atoms with Crippen molar-refractivity contribution in [2.24, 2.45) is 0 Å². The van der Waals surface area contributed by atoms with E-state index >= 15 is 0 Å². The summed E-state index contributed by atoms with van der Waals surface area (Å²) in [5.41, 5.74) is 4.41. The van der Waals surface area contributed by atoms with E-state index in [1.165, 1.54) is 11.1 Å². The Morgan fingerprint density at radius 3 is 2.52 bits per heavy atom. The van der Waals surface area contributed by atoms with Crippen LogP contribution >= 0.6 is 0 Å². The van der Waals surface area contributed by atoms with Crippen LogP contribution < -0.4 is 4.74 Å². The van der Waals surface area contributed by atoms with Crippen molar-refractivity contribution in [3.8, 4) is 5.75 Å². The summed E-state index contributed by atoms with van der Waals surface area (Å²) in [6, 6.07) is 14.3. The maximum absolute atomic E-state index is 9.53. The number of nitrogens with zero attached hydrogens (tertiary/aromatic N) is 2. The van der Waals surface area contributed by atoms with E-state index in [0.29, 0.717) is 12.4 Å². The van der Waals surface area contributed by atoms with Crippen LogP contribution in [-0.4, -0.2) is 21.3 Å². The predicted molar refractivity (Wildman–Crippen MR) is 91.7 cm³/mol. The molecule has 1 N–H and O–H groups in total. The molecule has 0 atom stereocenters. The molecule has 0 bridgehead atoms. The molecular weight excluding hydrogens is 288 g/mol. The zero-order chi connectivity index (χ0) is 16.2. The quantitative estimate of drug-likeness (QED) is 0.707. The average Bonchev–Trinajstić information content (AvgIpc) is 2.90. The van der Waals surface area contributed by atoms with Gasteiger partial charge in [0, 0.05) is 6.54 Å². The van der Waals surface area contributed by atoms with Gasteiger partial charge in [-0.25, -0.2) is 4.98 Å². The van der Waals surface area contributed by atoms with Gasteiger partial charge in [-0.15, -0.1) is 0 Å². The molecule has 4 nitrogen and oxygen atoms in total. The van der Waals surface area contributed by atoms with Crippen molar-refractivity contribution in [1.29, 1.82) is 0 Å². The maximum atomic E-state index is 9.53. The zero-order valence-electron chi connectivity index (χ0n) is 13.6. The summed E-state index contributed by atoms with van der Waals surface area (Å²) in [5.74, 6) is 1.60. The Hall–Kier alpha value is -2.33. The van der Waals surface area contributed by atoms with Crippen LogP contribution in [0.2, 0.25) is 0 Å². The SMILES string of the molecule is Cc1ccc(OCCCn2c(CO)nc3cc(C)ccc32)cc1. The first-order valence-electron chi connectivity index (χ1n) is 7.93. The molecule has 3 rings (SSSR count). The minimum absolute atomic E-state index is 0.0491. The van der Waals surface area contributed by atoms with E-state index in [2.05, 4.69) is 28.6 Å². The maximum Gasteiger partial charge on any atom is 0.135 e. The number of hydrogen-bond donors (Lipinski definition) is 1. The summed E-state index contributed by atoms with van der Waals surface area (Å²) in [4.78, 5) is 4.51. The number of aromatic nitrogens is 2. The van der Waals surface area contributed by atoms with Gasteiger partial charge in [-0.2, -0.15) is 0 Å². The molecule has 0 radical (unpaired) electrons. The van der Waals surface area contributed by atoms with Gasteiger partial charge >= 0.3 is 0 Å². The Bertz CT molecular complexity index is 791. The monoisotopic (exact) mass is 310 g/mol. The summed E-state index contributed by atoms with van der Waals surface area (Å²) in [7, 11) is 0. The van der Waals surface area contributed by atoms with Crippen molar-refractivity contribution < 1.29 is 9.84 Å². The van der Waals surface area contributed by atoms with Crippen molar-refractivity contribution in [3.63, 3.8) is 0 Å². The summed E-state index contributed by atoms with van der Waals surface area (Å²) < 4.78 is 7.84. The molecule has 0 fully saturated rings. The normalized spacial score (nSPS) is 11.1. The highest BCUT2D eigenvalue weighted by Crippen LogP contribution is 2.19. The molecule has 1 heterocycles. The van der Waals surface area contributed by atoms with Gasteiger partial charge in [0.1, 0.15) is 18.2 Å². The number of fused-ring (bicyclic) bond motifs is 1. The third-order valence-electron chi connectivity index (χ3n) is 3.94. The molecule has 0 saturated heterocycles. The smallest absolute Gasteiger partial charge is 0.135 e. The molecule has 0 aliphatic rings. The second-order valence-corrected chi connectivity index (χ2v) is 5.85. The number of ether oxygens (including phenoxy) is 1. The molecule has 0 unspecified atom stereocenters. The summed E-state index contributed by atoms with van der Waals surface area (Å²) >= 11 is 0. The second-order valence-electron chi connectivity index (χ2n) is 5.85. The van der Waals surface area contributed by atoms with E-state index in [0.717, 1.165) is 29.7 Å². The predicted octanol–water partition coefficient (Wildman–Crippen LogP) is 3.61. The molecular formula is C19H22N2O2. The lowest BCUT2D eigenvalue weighted by atomic mass is 10.2. The highest BCUT2D eigenvalue weighted by Gasteiger charge is 2.09. The molecule has 0 amide bonds. The average molecular weight is 310 g/mol. The Balaban J connectivity index is 1.65. The van der Waals surface area contributed by atoms with Gasteiger partial charge in [0.15, 0.2) is 0 Å². The molecule has 2 aromatic carbocycles. The number of rotatable bonds is 6. The molecule has 1 aromatic heterocycles. The Morgan fingerprint density at radius 2 is 1.78 bits per heavy atom. The van der Waals surface area contributed by atoms with Crippen LogP contribution in [0.15, 0.2) is 42.5 Å². The molecule has 0 aliphatic heterocycles. The fourth-order valence-corrected chi connectivity index (χ4v) is 2.71. The van der Waals surface area contributed by atoms with E-state index in [9.17, 15) is 5.11 Å². The number of hydrogen-bond acceptors (Lipinski definition) is 3. The molecule has 4 heteroatoms. The van der Waals surface area contributed by atoms with Crippen molar-refractivity contribution in [2.45, 2.75) is 33.4 Å². The van der Waals surface area contributed by atoms with Crippen LogP contribution in [0, 0.1) is 13.8 Å². The standard InChI is InChI=1S/C19H22N2O2/c1-14-4-7-16(8-5-14)23-11-3-10-21-18-9-6-15(2)12-17(18)20-19(21)13-22/h4-9,12,22H,3,10-11,13H2,1-2H3. The van der Waals surface area contributed by atoms with Crippen LogP contribution in [0.25, 0.3) is 11.0 Å². The van der Waals surface area contributed by atoms with E-state index in [1.54, 1.807) is 0 Å². The van der Waals surface area contributed by atoms with Crippen LogP contribution in [0.4, 0.5) is 0 Å². The molecule has 120 valence electrons. The van der Waals surface area contributed by atoms with Gasteiger partial charge in [-0.1, -0.05) is 23.8 Å². The number of benzene rings is 2. The van der Waals surface area contributed by atoms with E-state index in [-0.39, 0.29) is 6.61 Å². The first-order chi connectivity index (χ1) is 11.2. The van der Waals surface area contributed by atoms with Crippen LogP contribution in [0.3, 0.4) is 0 Å². The Kier molecular flexibility index (Phi) is 4.63.